The molecule has 1 atom stereocenters. The Labute approximate surface area is 168 Å². The normalized spacial score (nSPS) is 17.0. The molecule has 1 fully saturated rings. The van der Waals surface area contributed by atoms with E-state index in [0.717, 1.165) is 29.7 Å². The van der Waals surface area contributed by atoms with E-state index in [9.17, 15) is 4.79 Å². The summed E-state index contributed by atoms with van der Waals surface area (Å²) in [6, 6.07) is 10.7. The van der Waals surface area contributed by atoms with Crippen LogP contribution < -0.4 is 10.2 Å². The fourth-order valence-electron chi connectivity index (χ4n) is 3.58. The number of aromatic nitrogens is 3. The number of pyridine rings is 1. The first kappa shape index (κ1) is 18.9. The Balaban J connectivity index is 1.46. The topological polar surface area (TPSA) is 96.1 Å². The second kappa shape index (κ2) is 8.29. The van der Waals surface area contributed by atoms with Gasteiger partial charge in [0.1, 0.15) is 0 Å². The number of nitriles is 1. The smallest absolute Gasteiger partial charge is 0.251 e. The first-order chi connectivity index (χ1) is 14.2. The minimum absolute atomic E-state index is 0.138. The Bertz CT molecular complexity index is 1070. The molecular weight excluding hydrogens is 368 g/mol. The van der Waals surface area contributed by atoms with E-state index in [-0.39, 0.29) is 12.0 Å². The van der Waals surface area contributed by atoms with E-state index < -0.39 is 0 Å². The van der Waals surface area contributed by atoms with Gasteiger partial charge in [-0.15, -0.1) is 0 Å². The summed E-state index contributed by atoms with van der Waals surface area (Å²) in [6.07, 6.45) is 4.39. The Hall–Kier alpha value is -3.44. The molecular formula is C21H22N6O2. The lowest BCUT2D eigenvalue weighted by Crippen LogP contribution is -2.40. The van der Waals surface area contributed by atoms with E-state index in [0.29, 0.717) is 30.8 Å². The molecule has 1 N–H and O–H groups in total. The zero-order chi connectivity index (χ0) is 20.2. The summed E-state index contributed by atoms with van der Waals surface area (Å²) >= 11 is 0. The van der Waals surface area contributed by atoms with Crippen molar-refractivity contribution in [3.63, 3.8) is 0 Å². The van der Waals surface area contributed by atoms with Crippen molar-refractivity contribution in [2.75, 3.05) is 31.1 Å². The number of rotatable bonds is 4. The van der Waals surface area contributed by atoms with Crippen LogP contribution in [0.4, 0.5) is 5.69 Å². The van der Waals surface area contributed by atoms with Crippen molar-refractivity contribution in [3.05, 3.63) is 53.9 Å². The van der Waals surface area contributed by atoms with E-state index in [4.69, 9.17) is 10.00 Å². The molecule has 1 aliphatic rings. The summed E-state index contributed by atoms with van der Waals surface area (Å²) in [7, 11) is 1.88. The number of hydrogen-bond donors (Lipinski definition) is 1. The molecule has 0 bridgehead atoms. The molecule has 8 heteroatoms. The van der Waals surface area contributed by atoms with Crippen molar-refractivity contribution in [1.29, 1.82) is 5.26 Å². The molecule has 0 aliphatic carbocycles. The number of carbonyl (C=O) groups is 1. The number of nitrogens with one attached hydrogen (secondary N) is 1. The van der Waals surface area contributed by atoms with Gasteiger partial charge in [0.15, 0.2) is 5.65 Å². The summed E-state index contributed by atoms with van der Waals surface area (Å²) in [6.45, 7) is 2.56. The number of amides is 1. The molecule has 0 spiro atoms. The lowest BCUT2D eigenvalue weighted by Gasteiger charge is -2.26. The highest BCUT2D eigenvalue weighted by atomic mass is 16.5. The lowest BCUT2D eigenvalue weighted by atomic mass is 10.1. The van der Waals surface area contributed by atoms with Gasteiger partial charge in [0.05, 0.1) is 35.0 Å². The average molecular weight is 390 g/mol. The first-order valence-corrected chi connectivity index (χ1v) is 9.57. The third-order valence-electron chi connectivity index (χ3n) is 5.05. The number of carbonyl (C=O) groups excluding carboxylic acids is 1. The highest BCUT2D eigenvalue weighted by Gasteiger charge is 2.22. The number of aryl methyl sites for hydroxylation is 1. The van der Waals surface area contributed by atoms with E-state index in [2.05, 4.69) is 26.4 Å². The number of benzene rings is 1. The van der Waals surface area contributed by atoms with Crippen LogP contribution in [0.1, 0.15) is 22.3 Å². The van der Waals surface area contributed by atoms with E-state index in [1.807, 2.05) is 19.3 Å². The van der Waals surface area contributed by atoms with Gasteiger partial charge in [0, 0.05) is 45.0 Å². The second-order valence-electron chi connectivity index (χ2n) is 7.03. The highest BCUT2D eigenvalue weighted by Crippen LogP contribution is 2.26. The van der Waals surface area contributed by atoms with Crippen molar-refractivity contribution in [3.8, 4) is 6.07 Å². The molecule has 29 heavy (non-hydrogen) atoms. The number of anilines is 1. The highest BCUT2D eigenvalue weighted by molar-refractivity contribution is 5.94. The van der Waals surface area contributed by atoms with Crippen molar-refractivity contribution >= 4 is 22.6 Å². The third kappa shape index (κ3) is 4.05. The van der Waals surface area contributed by atoms with Crippen molar-refractivity contribution in [2.24, 2.45) is 7.05 Å². The van der Waals surface area contributed by atoms with Gasteiger partial charge < -0.3 is 15.0 Å². The lowest BCUT2D eigenvalue weighted by molar-refractivity contribution is 0.0640. The number of ether oxygens (including phenoxy) is 1. The Kier molecular flexibility index (Phi) is 5.40. The number of fused-ring (bicyclic) bond motifs is 1. The van der Waals surface area contributed by atoms with E-state index >= 15 is 0 Å². The maximum absolute atomic E-state index is 12.5. The van der Waals surface area contributed by atoms with Crippen LogP contribution in [-0.2, 0) is 11.8 Å². The SMILES string of the molecule is Cn1ncc2c(N3CCCOC(CNC(=O)c4cccc(C#N)c4)C3)ccnc21. The van der Waals surface area contributed by atoms with E-state index in [1.165, 1.54) is 0 Å². The maximum atomic E-state index is 12.5. The zero-order valence-electron chi connectivity index (χ0n) is 16.2. The van der Waals surface area contributed by atoms with Crippen LogP contribution in [0.5, 0.6) is 0 Å². The molecule has 1 aromatic carbocycles. The predicted molar refractivity (Wildman–Crippen MR) is 109 cm³/mol. The average Bonchev–Trinajstić information content (AvgIpc) is 2.98. The van der Waals surface area contributed by atoms with Crippen LogP contribution in [0.15, 0.2) is 42.7 Å². The number of hydrogen-bond acceptors (Lipinski definition) is 6. The van der Waals surface area contributed by atoms with Gasteiger partial charge >= 0.3 is 0 Å². The quantitative estimate of drug-likeness (QED) is 0.731. The summed E-state index contributed by atoms with van der Waals surface area (Å²) < 4.78 is 7.72. The fourth-order valence-corrected chi connectivity index (χ4v) is 3.58. The van der Waals surface area contributed by atoms with Gasteiger partial charge in [-0.25, -0.2) is 4.98 Å². The monoisotopic (exact) mass is 390 g/mol. The van der Waals surface area contributed by atoms with Gasteiger partial charge in [0.2, 0.25) is 0 Å². The Morgan fingerprint density at radius 3 is 3.17 bits per heavy atom. The Morgan fingerprint density at radius 1 is 1.41 bits per heavy atom. The summed E-state index contributed by atoms with van der Waals surface area (Å²) in [5, 5.41) is 17.3. The molecule has 1 aliphatic heterocycles. The van der Waals surface area contributed by atoms with Gasteiger partial charge in [-0.05, 0) is 30.7 Å². The molecule has 3 aromatic rings. The van der Waals surface area contributed by atoms with Crippen LogP contribution >= 0.6 is 0 Å². The van der Waals surface area contributed by atoms with Crippen LogP contribution in [-0.4, -0.2) is 53.0 Å². The Morgan fingerprint density at radius 2 is 2.31 bits per heavy atom. The largest absolute Gasteiger partial charge is 0.374 e. The molecule has 0 saturated carbocycles. The minimum Gasteiger partial charge on any atom is -0.374 e. The van der Waals surface area contributed by atoms with Crippen molar-refractivity contribution in [1.82, 2.24) is 20.1 Å². The summed E-state index contributed by atoms with van der Waals surface area (Å²) in [4.78, 5) is 19.1. The summed E-state index contributed by atoms with van der Waals surface area (Å²) in [5.41, 5.74) is 2.86. The fraction of sp³-hybridized carbons (Fsp3) is 0.333. The second-order valence-corrected chi connectivity index (χ2v) is 7.03. The van der Waals surface area contributed by atoms with Gasteiger partial charge in [-0.2, -0.15) is 10.4 Å². The van der Waals surface area contributed by atoms with Gasteiger partial charge in [0.25, 0.3) is 5.91 Å². The number of nitrogens with zero attached hydrogens (tertiary/aromatic N) is 5. The van der Waals surface area contributed by atoms with Crippen LogP contribution in [0.3, 0.4) is 0 Å². The molecule has 4 rings (SSSR count). The van der Waals surface area contributed by atoms with Gasteiger partial charge in [-0.3, -0.25) is 9.48 Å². The van der Waals surface area contributed by atoms with Crippen LogP contribution in [0.2, 0.25) is 0 Å². The molecule has 1 amide bonds. The molecule has 0 radical (unpaired) electrons. The zero-order valence-corrected chi connectivity index (χ0v) is 16.2. The molecule has 148 valence electrons. The molecule has 1 unspecified atom stereocenters. The van der Waals surface area contributed by atoms with Crippen molar-refractivity contribution in [2.45, 2.75) is 12.5 Å². The first-order valence-electron chi connectivity index (χ1n) is 9.57. The summed E-state index contributed by atoms with van der Waals surface area (Å²) in [5.74, 6) is -0.208. The van der Waals surface area contributed by atoms with Gasteiger partial charge in [-0.1, -0.05) is 6.07 Å². The molecule has 8 nitrogen and oxygen atoms in total. The maximum Gasteiger partial charge on any atom is 0.251 e. The molecule has 3 heterocycles. The van der Waals surface area contributed by atoms with Crippen molar-refractivity contribution < 1.29 is 9.53 Å². The van der Waals surface area contributed by atoms with Crippen LogP contribution in [0, 0.1) is 11.3 Å². The van der Waals surface area contributed by atoms with E-state index in [1.54, 1.807) is 35.1 Å². The minimum atomic E-state index is -0.208. The predicted octanol–water partition coefficient (Wildman–Crippen LogP) is 1.87. The molecule has 1 saturated heterocycles. The standard InChI is InChI=1S/C21H22N6O2/c1-26-20-18(13-25-26)19(6-7-23-20)27-8-3-9-29-17(14-27)12-24-21(28)16-5-2-4-15(10-16)11-22/h2,4-7,10,13,17H,3,8-9,12,14H2,1H3,(H,24,28). The van der Waals surface area contributed by atoms with Crippen LogP contribution in [0.25, 0.3) is 11.0 Å². The molecule has 2 aromatic heterocycles. The third-order valence-corrected chi connectivity index (χ3v) is 5.05.